The summed E-state index contributed by atoms with van der Waals surface area (Å²) in [7, 11) is -3.59. The maximum Gasteiger partial charge on any atom is 0.276 e. The number of halogens is 1. The molecule has 2 heterocycles. The Morgan fingerprint density at radius 1 is 1.14 bits per heavy atom. The average molecular weight is 348 g/mol. The van der Waals surface area contributed by atoms with E-state index in [2.05, 4.69) is 4.90 Å². The molecule has 22 heavy (non-hydrogen) atoms. The lowest BCUT2D eigenvalue weighted by atomic mass is 10.1. The van der Waals surface area contributed by atoms with Crippen molar-refractivity contribution in [2.24, 2.45) is 5.14 Å². The molecule has 0 spiro atoms. The minimum absolute atomic E-state index is 0.400. The first-order valence-corrected chi connectivity index (χ1v) is 8.90. The minimum atomic E-state index is -3.59. The van der Waals surface area contributed by atoms with Gasteiger partial charge in [0.25, 0.3) is 10.2 Å². The normalized spacial score (nSPS) is 20.1. The molecule has 1 saturated heterocycles. The molecular formula is C13H18ClN3O4S. The van der Waals surface area contributed by atoms with Gasteiger partial charge in [-0.1, -0.05) is 11.6 Å². The van der Waals surface area contributed by atoms with Crippen LogP contribution in [0.4, 0.5) is 0 Å². The lowest BCUT2D eigenvalue weighted by molar-refractivity contribution is 0.169. The van der Waals surface area contributed by atoms with Crippen LogP contribution in [0.3, 0.4) is 0 Å². The van der Waals surface area contributed by atoms with Crippen LogP contribution in [0.5, 0.6) is 11.5 Å². The smallest absolute Gasteiger partial charge is 0.276 e. The molecule has 1 fully saturated rings. The van der Waals surface area contributed by atoms with Gasteiger partial charge in [-0.25, -0.2) is 5.14 Å². The van der Waals surface area contributed by atoms with E-state index in [0.29, 0.717) is 62.5 Å². The zero-order valence-corrected chi connectivity index (χ0v) is 13.6. The lowest BCUT2D eigenvalue weighted by Gasteiger charge is -2.33. The maximum atomic E-state index is 11.3. The molecule has 2 aliphatic rings. The van der Waals surface area contributed by atoms with Crippen molar-refractivity contribution in [3.8, 4) is 11.5 Å². The fourth-order valence-corrected chi connectivity index (χ4v) is 3.62. The highest BCUT2D eigenvalue weighted by Crippen LogP contribution is 2.38. The number of nitrogens with zero attached hydrogens (tertiary/aromatic N) is 2. The Labute approximate surface area is 134 Å². The van der Waals surface area contributed by atoms with E-state index in [1.165, 1.54) is 4.31 Å². The predicted octanol–water partition coefficient (Wildman–Crippen LogP) is 0.432. The van der Waals surface area contributed by atoms with Gasteiger partial charge in [-0.05, 0) is 17.7 Å². The Morgan fingerprint density at radius 3 is 2.50 bits per heavy atom. The molecule has 0 radical (unpaired) electrons. The number of hydrogen-bond donors (Lipinski definition) is 1. The van der Waals surface area contributed by atoms with E-state index < -0.39 is 10.2 Å². The van der Waals surface area contributed by atoms with E-state index in [4.69, 9.17) is 26.2 Å². The third-order valence-corrected chi connectivity index (χ3v) is 5.12. The standard InChI is InChI=1S/C13H18ClN3O4S/c14-11-7-10(8-12-13(11)21-6-5-20-12)9-16-1-3-17(4-2-16)22(15,18)19/h7-8H,1-6,9H2,(H2,15,18,19). The van der Waals surface area contributed by atoms with Gasteiger partial charge < -0.3 is 9.47 Å². The van der Waals surface area contributed by atoms with E-state index >= 15 is 0 Å². The molecule has 0 bridgehead atoms. The maximum absolute atomic E-state index is 11.3. The fraction of sp³-hybridized carbons (Fsp3) is 0.538. The van der Waals surface area contributed by atoms with Crippen LogP contribution in [0.25, 0.3) is 0 Å². The third-order valence-electron chi connectivity index (χ3n) is 3.75. The molecule has 122 valence electrons. The van der Waals surface area contributed by atoms with Crippen molar-refractivity contribution in [1.82, 2.24) is 9.21 Å². The van der Waals surface area contributed by atoms with Gasteiger partial charge in [0, 0.05) is 32.7 Å². The number of rotatable bonds is 3. The van der Waals surface area contributed by atoms with Gasteiger partial charge >= 0.3 is 0 Å². The number of benzene rings is 1. The highest BCUT2D eigenvalue weighted by atomic mass is 35.5. The number of fused-ring (bicyclic) bond motifs is 1. The van der Waals surface area contributed by atoms with Gasteiger partial charge in [0.2, 0.25) is 0 Å². The van der Waals surface area contributed by atoms with E-state index in [-0.39, 0.29) is 0 Å². The van der Waals surface area contributed by atoms with Crippen LogP contribution in [-0.4, -0.2) is 57.0 Å². The second-order valence-electron chi connectivity index (χ2n) is 5.32. The summed E-state index contributed by atoms with van der Waals surface area (Å²) in [6.07, 6.45) is 0. The van der Waals surface area contributed by atoms with E-state index in [1.807, 2.05) is 12.1 Å². The van der Waals surface area contributed by atoms with Crippen molar-refractivity contribution in [3.63, 3.8) is 0 Å². The molecule has 7 nitrogen and oxygen atoms in total. The van der Waals surface area contributed by atoms with Crippen molar-refractivity contribution in [2.75, 3.05) is 39.4 Å². The van der Waals surface area contributed by atoms with Crippen LogP contribution >= 0.6 is 11.6 Å². The first-order valence-electron chi connectivity index (χ1n) is 7.02. The van der Waals surface area contributed by atoms with Crippen LogP contribution in [0.1, 0.15) is 5.56 Å². The largest absolute Gasteiger partial charge is 0.486 e. The summed E-state index contributed by atoms with van der Waals surface area (Å²) >= 11 is 6.22. The van der Waals surface area contributed by atoms with Gasteiger partial charge in [0.05, 0.1) is 5.02 Å². The fourth-order valence-electron chi connectivity index (χ4n) is 2.66. The Kier molecular flexibility index (Phi) is 4.47. The second kappa shape index (κ2) is 6.21. The van der Waals surface area contributed by atoms with Crippen molar-refractivity contribution in [2.45, 2.75) is 6.54 Å². The summed E-state index contributed by atoms with van der Waals surface area (Å²) in [5.41, 5.74) is 1.01. The molecular weight excluding hydrogens is 330 g/mol. The lowest BCUT2D eigenvalue weighted by Crippen LogP contribution is -2.50. The Balaban J connectivity index is 1.66. The van der Waals surface area contributed by atoms with Crippen molar-refractivity contribution in [3.05, 3.63) is 22.7 Å². The molecule has 1 aromatic carbocycles. The summed E-state index contributed by atoms with van der Waals surface area (Å²) in [5.74, 6) is 1.26. The zero-order chi connectivity index (χ0) is 15.7. The van der Waals surface area contributed by atoms with E-state index in [9.17, 15) is 8.42 Å². The first-order chi connectivity index (χ1) is 10.4. The van der Waals surface area contributed by atoms with Crippen LogP contribution < -0.4 is 14.6 Å². The third kappa shape index (κ3) is 3.47. The molecule has 9 heteroatoms. The van der Waals surface area contributed by atoms with Crippen LogP contribution in [-0.2, 0) is 16.8 Å². The number of piperazine rings is 1. The zero-order valence-electron chi connectivity index (χ0n) is 12.0. The molecule has 2 aliphatic heterocycles. The van der Waals surface area contributed by atoms with Crippen LogP contribution in [0.15, 0.2) is 12.1 Å². The summed E-state index contributed by atoms with van der Waals surface area (Å²) in [6, 6.07) is 3.79. The predicted molar refractivity (Wildman–Crippen MR) is 82.4 cm³/mol. The Morgan fingerprint density at radius 2 is 1.82 bits per heavy atom. The van der Waals surface area contributed by atoms with Crippen molar-refractivity contribution >= 4 is 21.8 Å². The van der Waals surface area contributed by atoms with Gasteiger partial charge in [-0.2, -0.15) is 12.7 Å². The summed E-state index contributed by atoms with van der Waals surface area (Å²) in [4.78, 5) is 2.16. The van der Waals surface area contributed by atoms with Crippen molar-refractivity contribution in [1.29, 1.82) is 0 Å². The second-order valence-corrected chi connectivity index (χ2v) is 7.28. The summed E-state index contributed by atoms with van der Waals surface area (Å²) in [6.45, 7) is 3.75. The van der Waals surface area contributed by atoms with Gasteiger partial charge in [0.1, 0.15) is 13.2 Å². The number of ether oxygens (including phenoxy) is 2. The van der Waals surface area contributed by atoms with E-state index in [1.54, 1.807) is 0 Å². The van der Waals surface area contributed by atoms with E-state index in [0.717, 1.165) is 5.56 Å². The van der Waals surface area contributed by atoms with Crippen LogP contribution in [0, 0.1) is 0 Å². The quantitative estimate of drug-likeness (QED) is 0.857. The molecule has 0 unspecified atom stereocenters. The first kappa shape index (κ1) is 15.8. The highest BCUT2D eigenvalue weighted by molar-refractivity contribution is 7.86. The molecule has 0 amide bonds. The number of hydrogen-bond acceptors (Lipinski definition) is 5. The average Bonchev–Trinajstić information content (AvgIpc) is 2.47. The topological polar surface area (TPSA) is 85.1 Å². The van der Waals surface area contributed by atoms with Gasteiger partial charge in [0.15, 0.2) is 11.5 Å². The SMILES string of the molecule is NS(=O)(=O)N1CCN(Cc2cc(Cl)c3c(c2)OCCO3)CC1. The molecule has 0 saturated carbocycles. The Hall–Kier alpha value is -1.06. The van der Waals surface area contributed by atoms with Crippen molar-refractivity contribution < 1.29 is 17.9 Å². The molecule has 0 atom stereocenters. The summed E-state index contributed by atoms with van der Waals surface area (Å²) < 4.78 is 34.9. The molecule has 3 rings (SSSR count). The molecule has 1 aromatic rings. The van der Waals surface area contributed by atoms with Gasteiger partial charge in [-0.3, -0.25) is 4.90 Å². The monoisotopic (exact) mass is 347 g/mol. The highest BCUT2D eigenvalue weighted by Gasteiger charge is 2.24. The summed E-state index contributed by atoms with van der Waals surface area (Å²) in [5, 5.41) is 5.67. The molecule has 0 aromatic heterocycles. The molecule has 2 N–H and O–H groups in total. The number of nitrogens with two attached hydrogens (primary N) is 1. The van der Waals surface area contributed by atoms with Crippen LogP contribution in [0.2, 0.25) is 5.02 Å². The molecule has 0 aliphatic carbocycles. The van der Waals surface area contributed by atoms with Gasteiger partial charge in [-0.15, -0.1) is 0 Å². The minimum Gasteiger partial charge on any atom is -0.486 e. The Bertz CT molecular complexity index is 659.